The smallest absolute Gasteiger partial charge is 0.431 e. The predicted octanol–water partition coefficient (Wildman–Crippen LogP) is 4.63. The fraction of sp³-hybridized carbons (Fsp3) is 0.947. The summed E-state index contributed by atoms with van der Waals surface area (Å²) in [6.45, 7) is 19.7. The Labute approximate surface area is 161 Å². The highest BCUT2D eigenvalue weighted by atomic mass is 28.4. The molecule has 0 bridgehead atoms. The fourth-order valence-corrected chi connectivity index (χ4v) is 9.20. The van der Waals surface area contributed by atoms with Crippen LogP contribution in [-0.2, 0) is 14.0 Å². The number of nitrogens with one attached hydrogen (secondary N) is 1. The second-order valence-electron chi connectivity index (χ2n) is 8.92. The van der Waals surface area contributed by atoms with Crippen LogP contribution in [0.1, 0.15) is 68.7 Å². The van der Waals surface area contributed by atoms with Gasteiger partial charge in [0.1, 0.15) is 5.60 Å². The van der Waals surface area contributed by atoms with Crippen molar-refractivity contribution in [3.63, 3.8) is 0 Å². The van der Waals surface area contributed by atoms with Crippen molar-refractivity contribution < 1.29 is 23.9 Å². The molecule has 26 heavy (non-hydrogen) atoms. The van der Waals surface area contributed by atoms with Gasteiger partial charge in [-0.3, -0.25) is 4.84 Å². The fourth-order valence-electron chi connectivity index (χ4n) is 3.68. The van der Waals surface area contributed by atoms with E-state index in [0.29, 0.717) is 29.7 Å². The highest BCUT2D eigenvalue weighted by molar-refractivity contribution is 6.77. The molecule has 0 aromatic rings. The molecule has 6 nitrogen and oxygen atoms in total. The molecule has 0 rings (SSSR count). The minimum absolute atomic E-state index is 0.0121. The molecule has 0 aromatic heterocycles. The highest BCUT2D eigenvalue weighted by Gasteiger charge is 2.45. The van der Waals surface area contributed by atoms with Crippen LogP contribution in [0.25, 0.3) is 0 Å². The molecule has 0 aromatic carbocycles. The summed E-state index contributed by atoms with van der Waals surface area (Å²) in [5.74, 6) is 0.0121. The molecule has 0 saturated heterocycles. The van der Waals surface area contributed by atoms with Crippen molar-refractivity contribution in [2.24, 2.45) is 5.92 Å². The van der Waals surface area contributed by atoms with Crippen molar-refractivity contribution >= 4 is 14.4 Å². The maximum Gasteiger partial charge on any atom is 0.431 e. The molecular weight excluding hydrogens is 350 g/mol. The molecule has 1 amide bonds. The van der Waals surface area contributed by atoms with E-state index in [2.05, 4.69) is 47.0 Å². The number of hydroxylamine groups is 1. The van der Waals surface area contributed by atoms with Crippen molar-refractivity contribution in [1.29, 1.82) is 0 Å². The third-order valence-electron chi connectivity index (χ3n) is 4.69. The van der Waals surface area contributed by atoms with Crippen molar-refractivity contribution in [2.45, 2.75) is 91.0 Å². The normalized spacial score (nSPS) is 14.2. The molecule has 156 valence electrons. The monoisotopic (exact) mass is 391 g/mol. The van der Waals surface area contributed by atoms with E-state index in [1.807, 2.05) is 0 Å². The van der Waals surface area contributed by atoms with Gasteiger partial charge in [-0.25, -0.2) is 4.79 Å². The molecule has 0 saturated carbocycles. The molecule has 1 atom stereocenters. The van der Waals surface area contributed by atoms with Gasteiger partial charge in [-0.05, 0) is 43.8 Å². The van der Waals surface area contributed by atoms with E-state index in [0.717, 1.165) is 0 Å². The van der Waals surface area contributed by atoms with Crippen LogP contribution in [0.15, 0.2) is 0 Å². The Hall–Kier alpha value is -0.633. The molecule has 7 heteroatoms. The number of hydrogen-bond acceptors (Lipinski definition) is 5. The van der Waals surface area contributed by atoms with E-state index in [1.54, 1.807) is 20.8 Å². The lowest BCUT2D eigenvalue weighted by molar-refractivity contribution is -0.0254. The third kappa shape index (κ3) is 8.37. The van der Waals surface area contributed by atoms with Crippen LogP contribution in [0.5, 0.6) is 0 Å². The lowest BCUT2D eigenvalue weighted by atomic mass is 10.1. The first-order valence-corrected chi connectivity index (χ1v) is 11.9. The van der Waals surface area contributed by atoms with Crippen LogP contribution in [0.4, 0.5) is 4.79 Å². The Morgan fingerprint density at radius 2 is 1.50 bits per heavy atom. The zero-order valence-corrected chi connectivity index (χ0v) is 19.2. The standard InChI is InChI=1S/C19H41NO5Si/c1-14(2)26(15(3)4,16(5)6)24-13-17(10-11-21)12-23-20-18(22)25-19(7,8)9/h14-17,21H,10-13H2,1-9H3,(H,20,22). The number of carbonyl (C=O) groups excluding carboxylic acids is 1. The summed E-state index contributed by atoms with van der Waals surface area (Å²) in [7, 11) is -1.96. The van der Waals surface area contributed by atoms with Gasteiger partial charge in [-0.1, -0.05) is 41.5 Å². The average Bonchev–Trinajstić information content (AvgIpc) is 2.44. The first kappa shape index (κ1) is 25.4. The van der Waals surface area contributed by atoms with Gasteiger partial charge in [-0.15, -0.1) is 0 Å². The van der Waals surface area contributed by atoms with Crippen LogP contribution in [0.3, 0.4) is 0 Å². The zero-order chi connectivity index (χ0) is 20.5. The predicted molar refractivity (Wildman–Crippen MR) is 108 cm³/mol. The van der Waals surface area contributed by atoms with Gasteiger partial charge in [0.05, 0.1) is 6.61 Å². The van der Waals surface area contributed by atoms with Gasteiger partial charge >= 0.3 is 6.09 Å². The van der Waals surface area contributed by atoms with E-state index < -0.39 is 20.0 Å². The van der Waals surface area contributed by atoms with Gasteiger partial charge in [0.15, 0.2) is 8.32 Å². The van der Waals surface area contributed by atoms with E-state index in [-0.39, 0.29) is 19.1 Å². The second-order valence-corrected chi connectivity index (χ2v) is 14.4. The SMILES string of the molecule is CC(C)[Si](OCC(CCO)CONC(=O)OC(C)(C)C)(C(C)C)C(C)C. The largest absolute Gasteiger partial charge is 0.442 e. The number of ether oxygens (including phenoxy) is 1. The molecule has 0 aliphatic carbocycles. The number of carbonyl (C=O) groups is 1. The quantitative estimate of drug-likeness (QED) is 0.396. The van der Waals surface area contributed by atoms with E-state index >= 15 is 0 Å². The minimum atomic E-state index is -1.96. The Kier molecular flexibility index (Phi) is 11.0. The molecule has 0 aliphatic rings. The average molecular weight is 392 g/mol. The maximum atomic E-state index is 11.7. The number of aliphatic hydroxyl groups excluding tert-OH is 1. The number of hydrogen-bond donors (Lipinski definition) is 2. The van der Waals surface area contributed by atoms with Crippen LogP contribution in [0, 0.1) is 5.92 Å². The topological polar surface area (TPSA) is 77.0 Å². The Morgan fingerprint density at radius 1 is 1.00 bits per heavy atom. The van der Waals surface area contributed by atoms with Gasteiger partial charge in [-0.2, -0.15) is 5.48 Å². The van der Waals surface area contributed by atoms with E-state index in [4.69, 9.17) is 14.0 Å². The van der Waals surface area contributed by atoms with Crippen LogP contribution < -0.4 is 5.48 Å². The third-order valence-corrected chi connectivity index (χ3v) is 10.8. The second kappa shape index (κ2) is 11.3. The summed E-state index contributed by atoms with van der Waals surface area (Å²) >= 11 is 0. The number of aliphatic hydroxyl groups is 1. The Bertz CT molecular complexity index is 385. The van der Waals surface area contributed by atoms with Crippen molar-refractivity contribution in [3.05, 3.63) is 0 Å². The van der Waals surface area contributed by atoms with Crippen LogP contribution in [-0.4, -0.2) is 44.9 Å². The van der Waals surface area contributed by atoms with Gasteiger partial charge in [0.2, 0.25) is 0 Å². The number of rotatable bonds is 11. The molecule has 0 spiro atoms. The molecule has 0 fully saturated rings. The van der Waals surface area contributed by atoms with Gasteiger partial charge < -0.3 is 14.3 Å². The lowest BCUT2D eigenvalue weighted by Gasteiger charge is -2.43. The van der Waals surface area contributed by atoms with Crippen molar-refractivity contribution in [2.75, 3.05) is 19.8 Å². The summed E-state index contributed by atoms with van der Waals surface area (Å²) in [4.78, 5) is 17.0. The molecule has 0 heterocycles. The zero-order valence-electron chi connectivity index (χ0n) is 18.2. The van der Waals surface area contributed by atoms with E-state index in [9.17, 15) is 9.90 Å². The molecular formula is C19H41NO5Si. The maximum absolute atomic E-state index is 11.7. The summed E-state index contributed by atoms with van der Waals surface area (Å²) in [5.41, 5.74) is 3.23. The summed E-state index contributed by atoms with van der Waals surface area (Å²) in [6, 6.07) is 0. The highest BCUT2D eigenvalue weighted by Crippen LogP contribution is 2.42. The van der Waals surface area contributed by atoms with Crippen LogP contribution in [0.2, 0.25) is 16.6 Å². The first-order chi connectivity index (χ1) is 11.9. The van der Waals surface area contributed by atoms with Crippen molar-refractivity contribution in [3.8, 4) is 0 Å². The molecule has 1 unspecified atom stereocenters. The summed E-state index contributed by atoms with van der Waals surface area (Å²) in [5, 5.41) is 9.34. The molecule has 0 aliphatic heterocycles. The first-order valence-electron chi connectivity index (χ1n) is 9.72. The Balaban J connectivity index is 4.74. The molecule has 2 N–H and O–H groups in total. The van der Waals surface area contributed by atoms with E-state index in [1.165, 1.54) is 0 Å². The number of amides is 1. The van der Waals surface area contributed by atoms with Gasteiger partial charge in [0.25, 0.3) is 0 Å². The summed E-state index contributed by atoms with van der Waals surface area (Å²) < 4.78 is 11.7. The Morgan fingerprint density at radius 3 is 1.88 bits per heavy atom. The van der Waals surface area contributed by atoms with Crippen LogP contribution >= 0.6 is 0 Å². The van der Waals surface area contributed by atoms with Crippen molar-refractivity contribution in [1.82, 2.24) is 5.48 Å². The molecule has 0 radical (unpaired) electrons. The lowest BCUT2D eigenvalue weighted by Crippen LogP contribution is -2.49. The van der Waals surface area contributed by atoms with Gasteiger partial charge in [0, 0.05) is 19.1 Å². The minimum Gasteiger partial charge on any atom is -0.442 e. The summed E-state index contributed by atoms with van der Waals surface area (Å²) in [6.07, 6.45) is -0.0502.